The van der Waals surface area contributed by atoms with E-state index in [1.165, 1.54) is 5.56 Å². The quantitative estimate of drug-likeness (QED) is 0.728. The van der Waals surface area contributed by atoms with E-state index in [9.17, 15) is 5.11 Å². The molecule has 114 valence electrons. The fourth-order valence-corrected chi connectivity index (χ4v) is 2.35. The summed E-state index contributed by atoms with van der Waals surface area (Å²) in [5.74, 6) is 1.42. The maximum atomic E-state index is 10.2. The van der Waals surface area contributed by atoms with E-state index in [4.69, 9.17) is 4.74 Å². The van der Waals surface area contributed by atoms with Crippen LogP contribution in [0.3, 0.4) is 0 Å². The Labute approximate surface area is 123 Å². The van der Waals surface area contributed by atoms with Gasteiger partial charge < -0.3 is 15.2 Å². The highest BCUT2D eigenvalue weighted by molar-refractivity contribution is 5.27. The minimum absolute atomic E-state index is 0.502. The highest BCUT2D eigenvalue weighted by atomic mass is 16.5. The maximum absolute atomic E-state index is 10.2. The SMILES string of the molecule is CCCOc1ccc(CNCC(C)(O)CC(C)C)cc1. The van der Waals surface area contributed by atoms with Gasteiger partial charge in [0.25, 0.3) is 0 Å². The predicted octanol–water partition coefficient (Wildman–Crippen LogP) is 3.36. The molecule has 0 radical (unpaired) electrons. The fourth-order valence-electron chi connectivity index (χ4n) is 2.35. The van der Waals surface area contributed by atoms with Gasteiger partial charge in [0.05, 0.1) is 12.2 Å². The number of benzene rings is 1. The summed E-state index contributed by atoms with van der Waals surface area (Å²) >= 11 is 0. The topological polar surface area (TPSA) is 41.5 Å². The standard InChI is InChI=1S/C17H29NO2/c1-5-10-20-16-8-6-15(7-9-16)12-18-13-17(4,19)11-14(2)3/h6-9,14,18-19H,5,10-13H2,1-4H3. The Morgan fingerprint density at radius 2 is 1.90 bits per heavy atom. The number of nitrogens with one attached hydrogen (secondary N) is 1. The van der Waals surface area contributed by atoms with Gasteiger partial charge in [-0.1, -0.05) is 32.9 Å². The minimum Gasteiger partial charge on any atom is -0.494 e. The van der Waals surface area contributed by atoms with Crippen LogP contribution in [0.4, 0.5) is 0 Å². The number of hydrogen-bond acceptors (Lipinski definition) is 3. The van der Waals surface area contributed by atoms with Gasteiger partial charge in [0.1, 0.15) is 5.75 Å². The van der Waals surface area contributed by atoms with Crippen molar-refractivity contribution < 1.29 is 9.84 Å². The molecule has 2 N–H and O–H groups in total. The summed E-state index contributed by atoms with van der Waals surface area (Å²) in [5, 5.41) is 13.5. The summed E-state index contributed by atoms with van der Waals surface area (Å²) in [6.45, 7) is 10.4. The van der Waals surface area contributed by atoms with Gasteiger partial charge >= 0.3 is 0 Å². The summed E-state index contributed by atoms with van der Waals surface area (Å²) in [6, 6.07) is 8.13. The van der Waals surface area contributed by atoms with Crippen LogP contribution in [0.25, 0.3) is 0 Å². The zero-order valence-corrected chi connectivity index (χ0v) is 13.3. The highest BCUT2D eigenvalue weighted by Crippen LogP contribution is 2.16. The molecular formula is C17H29NO2. The van der Waals surface area contributed by atoms with Gasteiger partial charge in [-0.15, -0.1) is 0 Å². The lowest BCUT2D eigenvalue weighted by atomic mass is 9.94. The van der Waals surface area contributed by atoms with Crippen LogP contribution in [0, 0.1) is 5.92 Å². The summed E-state index contributed by atoms with van der Waals surface area (Å²) in [5.41, 5.74) is 0.562. The molecule has 20 heavy (non-hydrogen) atoms. The molecule has 0 saturated heterocycles. The fraction of sp³-hybridized carbons (Fsp3) is 0.647. The number of aliphatic hydroxyl groups is 1. The second kappa shape index (κ2) is 8.28. The van der Waals surface area contributed by atoms with Crippen LogP contribution in [0.1, 0.15) is 46.1 Å². The molecule has 1 aromatic rings. The van der Waals surface area contributed by atoms with E-state index < -0.39 is 5.60 Å². The number of hydrogen-bond donors (Lipinski definition) is 2. The Hall–Kier alpha value is -1.06. The Balaban J connectivity index is 2.35. The van der Waals surface area contributed by atoms with Crippen molar-refractivity contribution in [3.63, 3.8) is 0 Å². The lowest BCUT2D eigenvalue weighted by Crippen LogP contribution is -2.38. The van der Waals surface area contributed by atoms with Crippen LogP contribution in [0.15, 0.2) is 24.3 Å². The van der Waals surface area contributed by atoms with Crippen LogP contribution in [-0.4, -0.2) is 23.9 Å². The molecule has 0 spiro atoms. The molecule has 0 fully saturated rings. The average molecular weight is 279 g/mol. The average Bonchev–Trinajstić information content (AvgIpc) is 2.36. The van der Waals surface area contributed by atoms with Crippen molar-refractivity contribution in [3.05, 3.63) is 29.8 Å². The number of rotatable bonds is 9. The lowest BCUT2D eigenvalue weighted by Gasteiger charge is -2.25. The van der Waals surface area contributed by atoms with E-state index in [2.05, 4.69) is 38.2 Å². The van der Waals surface area contributed by atoms with Crippen LogP contribution >= 0.6 is 0 Å². The Morgan fingerprint density at radius 1 is 1.25 bits per heavy atom. The van der Waals surface area contributed by atoms with Gasteiger partial charge in [-0.2, -0.15) is 0 Å². The first kappa shape index (κ1) is 17.0. The Bertz CT molecular complexity index is 371. The van der Waals surface area contributed by atoms with E-state index in [0.29, 0.717) is 12.5 Å². The van der Waals surface area contributed by atoms with E-state index >= 15 is 0 Å². The van der Waals surface area contributed by atoms with Gasteiger partial charge in [-0.25, -0.2) is 0 Å². The molecule has 0 aliphatic rings. The van der Waals surface area contributed by atoms with Crippen LogP contribution < -0.4 is 10.1 Å². The first-order valence-electron chi connectivity index (χ1n) is 7.58. The zero-order valence-electron chi connectivity index (χ0n) is 13.3. The van der Waals surface area contributed by atoms with Crippen LogP contribution in [-0.2, 0) is 6.54 Å². The number of ether oxygens (including phenoxy) is 1. The maximum Gasteiger partial charge on any atom is 0.119 e. The normalized spacial score (nSPS) is 14.3. The molecule has 0 heterocycles. The van der Waals surface area contributed by atoms with Crippen molar-refractivity contribution in [2.75, 3.05) is 13.2 Å². The Morgan fingerprint density at radius 3 is 2.45 bits per heavy atom. The molecule has 1 aromatic carbocycles. The van der Waals surface area contributed by atoms with Crippen LogP contribution in [0.2, 0.25) is 0 Å². The molecule has 3 heteroatoms. The molecule has 0 amide bonds. The van der Waals surface area contributed by atoms with E-state index in [-0.39, 0.29) is 0 Å². The third-order valence-electron chi connectivity index (χ3n) is 3.08. The first-order chi connectivity index (χ1) is 9.43. The monoisotopic (exact) mass is 279 g/mol. The second-order valence-corrected chi connectivity index (χ2v) is 6.19. The highest BCUT2D eigenvalue weighted by Gasteiger charge is 2.20. The van der Waals surface area contributed by atoms with Gasteiger partial charge in [-0.05, 0) is 43.4 Å². The molecule has 0 bridgehead atoms. The molecule has 1 unspecified atom stereocenters. The summed E-state index contributed by atoms with van der Waals surface area (Å²) in [6.07, 6.45) is 1.83. The summed E-state index contributed by atoms with van der Waals surface area (Å²) in [4.78, 5) is 0. The third-order valence-corrected chi connectivity index (χ3v) is 3.08. The molecule has 0 aliphatic carbocycles. The van der Waals surface area contributed by atoms with Crippen molar-refractivity contribution in [2.24, 2.45) is 5.92 Å². The van der Waals surface area contributed by atoms with E-state index in [1.54, 1.807) is 0 Å². The first-order valence-corrected chi connectivity index (χ1v) is 7.58. The lowest BCUT2D eigenvalue weighted by molar-refractivity contribution is 0.0383. The Kier molecular flexibility index (Phi) is 7.03. The third kappa shape index (κ3) is 6.92. The van der Waals surface area contributed by atoms with Crippen molar-refractivity contribution in [1.29, 1.82) is 0 Å². The van der Waals surface area contributed by atoms with E-state index in [1.807, 2.05) is 19.1 Å². The summed E-state index contributed by atoms with van der Waals surface area (Å²) < 4.78 is 5.55. The van der Waals surface area contributed by atoms with Gasteiger partial charge in [-0.3, -0.25) is 0 Å². The van der Waals surface area contributed by atoms with Crippen molar-refractivity contribution >= 4 is 0 Å². The van der Waals surface area contributed by atoms with Crippen molar-refractivity contribution in [3.8, 4) is 5.75 Å². The van der Waals surface area contributed by atoms with Crippen molar-refractivity contribution in [1.82, 2.24) is 5.32 Å². The summed E-state index contributed by atoms with van der Waals surface area (Å²) in [7, 11) is 0. The zero-order chi connectivity index (χ0) is 15.0. The molecule has 0 saturated carbocycles. The van der Waals surface area contributed by atoms with Crippen molar-refractivity contribution in [2.45, 2.75) is 52.7 Å². The molecule has 3 nitrogen and oxygen atoms in total. The predicted molar refractivity (Wildman–Crippen MR) is 84.0 cm³/mol. The van der Waals surface area contributed by atoms with Gasteiger partial charge in [0, 0.05) is 13.1 Å². The smallest absolute Gasteiger partial charge is 0.119 e. The van der Waals surface area contributed by atoms with Gasteiger partial charge in [0.15, 0.2) is 0 Å². The van der Waals surface area contributed by atoms with E-state index in [0.717, 1.165) is 31.7 Å². The molecular weight excluding hydrogens is 250 g/mol. The largest absolute Gasteiger partial charge is 0.494 e. The minimum atomic E-state index is -0.641. The molecule has 0 aromatic heterocycles. The molecule has 1 rings (SSSR count). The molecule has 0 aliphatic heterocycles. The molecule has 1 atom stereocenters. The van der Waals surface area contributed by atoms with Gasteiger partial charge in [0.2, 0.25) is 0 Å². The van der Waals surface area contributed by atoms with Crippen LogP contribution in [0.5, 0.6) is 5.75 Å². The second-order valence-electron chi connectivity index (χ2n) is 6.19.